The lowest BCUT2D eigenvalue weighted by Gasteiger charge is -2.05. The van der Waals surface area contributed by atoms with E-state index in [9.17, 15) is 4.79 Å². The van der Waals surface area contributed by atoms with E-state index in [4.69, 9.17) is 15.2 Å². The van der Waals surface area contributed by atoms with Crippen molar-refractivity contribution in [2.45, 2.75) is 13.2 Å². The fraction of sp³-hybridized carbons (Fsp3) is 0.111. The Morgan fingerprint density at radius 2 is 1.75 bits per heavy atom. The SMILES string of the molecule is NC(=O)c1cccc(OCc2csc(COc3ccccc3)n2)c1. The van der Waals surface area contributed by atoms with E-state index in [1.807, 2.05) is 35.7 Å². The molecule has 2 aromatic carbocycles. The maximum absolute atomic E-state index is 11.2. The topological polar surface area (TPSA) is 74.4 Å². The highest BCUT2D eigenvalue weighted by atomic mass is 32.1. The summed E-state index contributed by atoms with van der Waals surface area (Å²) in [5.74, 6) is 0.921. The van der Waals surface area contributed by atoms with Crippen LogP contribution < -0.4 is 15.2 Å². The number of benzene rings is 2. The second-order valence-corrected chi connectivity index (χ2v) is 5.96. The van der Waals surface area contributed by atoms with Crippen LogP contribution in [0.3, 0.4) is 0 Å². The van der Waals surface area contributed by atoms with Crippen LogP contribution in [0.2, 0.25) is 0 Å². The standard InChI is InChI=1S/C18H16N2O3S/c19-18(21)13-5-4-8-16(9-13)22-10-14-12-24-17(20-14)11-23-15-6-2-1-3-7-15/h1-9,12H,10-11H2,(H2,19,21). The van der Waals surface area contributed by atoms with E-state index in [0.29, 0.717) is 24.5 Å². The number of thiazole rings is 1. The molecule has 0 aliphatic rings. The van der Waals surface area contributed by atoms with Gasteiger partial charge in [0.15, 0.2) is 0 Å². The van der Waals surface area contributed by atoms with Crippen LogP contribution in [0.1, 0.15) is 21.1 Å². The zero-order chi connectivity index (χ0) is 16.8. The Labute approximate surface area is 143 Å². The zero-order valence-electron chi connectivity index (χ0n) is 12.8. The molecule has 1 aromatic heterocycles. The first-order chi connectivity index (χ1) is 11.7. The van der Waals surface area contributed by atoms with Crippen LogP contribution in [0.15, 0.2) is 60.0 Å². The molecule has 0 saturated carbocycles. The molecular formula is C18H16N2O3S. The summed E-state index contributed by atoms with van der Waals surface area (Å²) in [6.45, 7) is 0.746. The number of para-hydroxylation sites is 1. The van der Waals surface area contributed by atoms with Gasteiger partial charge in [-0.05, 0) is 30.3 Å². The average Bonchev–Trinajstić information content (AvgIpc) is 3.07. The summed E-state index contributed by atoms with van der Waals surface area (Å²) < 4.78 is 11.3. The number of aromatic nitrogens is 1. The molecule has 0 aliphatic heterocycles. The molecule has 0 aliphatic carbocycles. The summed E-state index contributed by atoms with van der Waals surface area (Å²) in [5.41, 5.74) is 6.49. The maximum atomic E-state index is 11.2. The quantitative estimate of drug-likeness (QED) is 0.715. The van der Waals surface area contributed by atoms with Crippen molar-refractivity contribution in [1.29, 1.82) is 0 Å². The number of rotatable bonds is 7. The molecule has 122 valence electrons. The van der Waals surface area contributed by atoms with E-state index in [2.05, 4.69) is 4.98 Å². The fourth-order valence-corrected chi connectivity index (χ4v) is 2.73. The molecule has 0 bridgehead atoms. The van der Waals surface area contributed by atoms with E-state index in [1.165, 1.54) is 11.3 Å². The largest absolute Gasteiger partial charge is 0.487 e. The highest BCUT2D eigenvalue weighted by molar-refractivity contribution is 7.09. The molecule has 0 fully saturated rings. The summed E-state index contributed by atoms with van der Waals surface area (Å²) in [6, 6.07) is 16.4. The number of nitrogens with two attached hydrogens (primary N) is 1. The Kier molecular flexibility index (Phi) is 5.08. The van der Waals surface area contributed by atoms with Gasteiger partial charge in [0.2, 0.25) is 5.91 Å². The number of nitrogens with zero attached hydrogens (tertiary/aromatic N) is 1. The van der Waals surface area contributed by atoms with E-state index in [0.717, 1.165) is 16.5 Å². The van der Waals surface area contributed by atoms with Crippen LogP contribution in [0.25, 0.3) is 0 Å². The van der Waals surface area contributed by atoms with E-state index >= 15 is 0 Å². The Hall–Kier alpha value is -2.86. The monoisotopic (exact) mass is 340 g/mol. The summed E-state index contributed by atoms with van der Waals surface area (Å²) in [4.78, 5) is 15.6. The van der Waals surface area contributed by atoms with Crippen LogP contribution >= 0.6 is 11.3 Å². The summed E-state index contributed by atoms with van der Waals surface area (Å²) >= 11 is 1.52. The molecule has 5 nitrogen and oxygen atoms in total. The van der Waals surface area contributed by atoms with Crippen LogP contribution in [-0.2, 0) is 13.2 Å². The third-order valence-corrected chi connectivity index (χ3v) is 4.08. The van der Waals surface area contributed by atoms with Crippen molar-refractivity contribution in [2.75, 3.05) is 0 Å². The van der Waals surface area contributed by atoms with E-state index in [-0.39, 0.29) is 0 Å². The molecule has 0 spiro atoms. The molecular weight excluding hydrogens is 324 g/mol. The Morgan fingerprint density at radius 3 is 2.54 bits per heavy atom. The van der Waals surface area contributed by atoms with Gasteiger partial charge in [0, 0.05) is 10.9 Å². The third-order valence-electron chi connectivity index (χ3n) is 3.21. The van der Waals surface area contributed by atoms with E-state index < -0.39 is 5.91 Å². The number of hydrogen-bond acceptors (Lipinski definition) is 5. The van der Waals surface area contributed by atoms with Gasteiger partial charge >= 0.3 is 0 Å². The molecule has 0 atom stereocenters. The Bertz CT molecular complexity index is 818. The molecule has 1 heterocycles. The third kappa shape index (κ3) is 4.33. The van der Waals surface area contributed by atoms with Crippen LogP contribution in [0, 0.1) is 0 Å². The smallest absolute Gasteiger partial charge is 0.248 e. The normalized spacial score (nSPS) is 10.3. The first kappa shape index (κ1) is 16.0. The first-order valence-electron chi connectivity index (χ1n) is 7.34. The molecule has 0 unspecified atom stereocenters. The molecule has 0 radical (unpaired) electrons. The number of carbonyl (C=O) groups is 1. The number of amides is 1. The number of hydrogen-bond donors (Lipinski definition) is 1. The van der Waals surface area contributed by atoms with Crippen molar-refractivity contribution in [2.24, 2.45) is 5.73 Å². The predicted molar refractivity (Wildman–Crippen MR) is 92.2 cm³/mol. The van der Waals surface area contributed by atoms with Crippen LogP contribution in [0.5, 0.6) is 11.5 Å². The molecule has 1 amide bonds. The van der Waals surface area contributed by atoms with Crippen molar-refractivity contribution >= 4 is 17.2 Å². The molecule has 2 N–H and O–H groups in total. The number of carbonyl (C=O) groups excluding carboxylic acids is 1. The minimum absolute atomic E-state index is 0.323. The predicted octanol–water partition coefficient (Wildman–Crippen LogP) is 3.40. The van der Waals surface area contributed by atoms with Gasteiger partial charge in [0.25, 0.3) is 0 Å². The average molecular weight is 340 g/mol. The van der Waals surface area contributed by atoms with E-state index in [1.54, 1.807) is 24.3 Å². The minimum Gasteiger partial charge on any atom is -0.487 e. The second kappa shape index (κ2) is 7.61. The van der Waals surface area contributed by atoms with Crippen molar-refractivity contribution < 1.29 is 14.3 Å². The van der Waals surface area contributed by atoms with Crippen molar-refractivity contribution in [3.8, 4) is 11.5 Å². The van der Waals surface area contributed by atoms with Gasteiger partial charge in [0.05, 0.1) is 5.69 Å². The van der Waals surface area contributed by atoms with Gasteiger partial charge in [0.1, 0.15) is 29.7 Å². The van der Waals surface area contributed by atoms with Crippen molar-refractivity contribution in [3.63, 3.8) is 0 Å². The molecule has 3 aromatic rings. The van der Waals surface area contributed by atoms with Gasteiger partial charge in [-0.2, -0.15) is 0 Å². The summed E-state index contributed by atoms with van der Waals surface area (Å²) in [6.07, 6.45) is 0. The number of primary amides is 1. The minimum atomic E-state index is -0.477. The zero-order valence-corrected chi connectivity index (χ0v) is 13.7. The van der Waals surface area contributed by atoms with Crippen molar-refractivity contribution in [1.82, 2.24) is 4.98 Å². The Balaban J connectivity index is 1.54. The molecule has 3 rings (SSSR count). The van der Waals surface area contributed by atoms with Gasteiger partial charge in [-0.1, -0.05) is 24.3 Å². The first-order valence-corrected chi connectivity index (χ1v) is 8.22. The Morgan fingerprint density at radius 1 is 1.00 bits per heavy atom. The lowest BCUT2D eigenvalue weighted by Crippen LogP contribution is -2.10. The highest BCUT2D eigenvalue weighted by Gasteiger charge is 2.06. The lowest BCUT2D eigenvalue weighted by atomic mass is 10.2. The van der Waals surface area contributed by atoms with Crippen LogP contribution in [-0.4, -0.2) is 10.9 Å². The maximum Gasteiger partial charge on any atom is 0.248 e. The fourth-order valence-electron chi connectivity index (χ4n) is 2.04. The molecule has 24 heavy (non-hydrogen) atoms. The summed E-state index contributed by atoms with van der Waals surface area (Å²) in [7, 11) is 0. The van der Waals surface area contributed by atoms with Gasteiger partial charge < -0.3 is 15.2 Å². The second-order valence-electron chi connectivity index (χ2n) is 5.02. The van der Waals surface area contributed by atoms with Gasteiger partial charge in [-0.3, -0.25) is 4.79 Å². The lowest BCUT2D eigenvalue weighted by molar-refractivity contribution is 0.1000. The molecule has 0 saturated heterocycles. The van der Waals surface area contributed by atoms with Gasteiger partial charge in [-0.25, -0.2) is 4.98 Å². The van der Waals surface area contributed by atoms with Gasteiger partial charge in [-0.15, -0.1) is 11.3 Å². The van der Waals surface area contributed by atoms with Crippen molar-refractivity contribution in [3.05, 3.63) is 76.2 Å². The molecule has 6 heteroatoms. The highest BCUT2D eigenvalue weighted by Crippen LogP contribution is 2.18. The summed E-state index contributed by atoms with van der Waals surface area (Å²) in [5, 5.41) is 2.81. The number of ether oxygens (including phenoxy) is 2. The van der Waals surface area contributed by atoms with Crippen LogP contribution in [0.4, 0.5) is 0 Å².